The summed E-state index contributed by atoms with van der Waals surface area (Å²) in [7, 11) is 0. The Morgan fingerprint density at radius 1 is 1.42 bits per heavy atom. The van der Waals surface area contributed by atoms with Gasteiger partial charge in [0.1, 0.15) is 5.75 Å². The summed E-state index contributed by atoms with van der Waals surface area (Å²) in [5, 5.41) is 12.5. The number of hydrogen-bond donors (Lipinski definition) is 2. The van der Waals surface area contributed by atoms with Crippen LogP contribution in [-0.2, 0) is 4.79 Å². The average molecular weight is 265 g/mol. The van der Waals surface area contributed by atoms with E-state index in [4.69, 9.17) is 4.74 Å². The summed E-state index contributed by atoms with van der Waals surface area (Å²) in [5.41, 5.74) is 1.70. The second-order valence-corrected chi connectivity index (χ2v) is 4.97. The highest BCUT2D eigenvalue weighted by molar-refractivity contribution is 5.91. The Kier molecular flexibility index (Phi) is 5.83. The lowest BCUT2D eigenvalue weighted by molar-refractivity contribution is -0.118. The minimum absolute atomic E-state index is 0.0761. The highest BCUT2D eigenvalue weighted by Crippen LogP contribution is 2.21. The standard InChI is InChI=1S/C15H23NO3/c1-5-19-12-6-7-13(11(4)8-12)16-15(18)9-14(17)10(2)3/h6-8,10,14,17H,5,9H2,1-4H3,(H,16,18). The molecule has 0 radical (unpaired) electrons. The molecule has 106 valence electrons. The minimum atomic E-state index is -0.608. The summed E-state index contributed by atoms with van der Waals surface area (Å²) in [6, 6.07) is 5.53. The lowest BCUT2D eigenvalue weighted by Gasteiger charge is -2.15. The lowest BCUT2D eigenvalue weighted by atomic mass is 10.0. The third-order valence-corrected chi connectivity index (χ3v) is 2.95. The summed E-state index contributed by atoms with van der Waals surface area (Å²) in [4.78, 5) is 11.8. The van der Waals surface area contributed by atoms with Crippen LogP contribution in [0.15, 0.2) is 18.2 Å². The molecule has 0 aliphatic heterocycles. The monoisotopic (exact) mass is 265 g/mol. The maximum atomic E-state index is 11.8. The zero-order valence-corrected chi connectivity index (χ0v) is 12.1. The first kappa shape index (κ1) is 15.5. The van der Waals surface area contributed by atoms with Crippen LogP contribution in [0.2, 0.25) is 0 Å². The largest absolute Gasteiger partial charge is 0.494 e. The highest BCUT2D eigenvalue weighted by Gasteiger charge is 2.15. The van der Waals surface area contributed by atoms with Gasteiger partial charge in [0.15, 0.2) is 0 Å². The predicted molar refractivity (Wildman–Crippen MR) is 76.4 cm³/mol. The maximum absolute atomic E-state index is 11.8. The van der Waals surface area contributed by atoms with E-state index in [0.29, 0.717) is 6.61 Å². The Hall–Kier alpha value is -1.55. The van der Waals surface area contributed by atoms with Gasteiger partial charge in [0.2, 0.25) is 5.91 Å². The average Bonchev–Trinajstić information content (AvgIpc) is 2.32. The normalized spacial score (nSPS) is 12.3. The fraction of sp³-hybridized carbons (Fsp3) is 0.533. The molecule has 4 nitrogen and oxygen atoms in total. The van der Waals surface area contributed by atoms with E-state index in [1.165, 1.54) is 0 Å². The molecule has 4 heteroatoms. The van der Waals surface area contributed by atoms with E-state index in [1.807, 2.05) is 45.9 Å². The van der Waals surface area contributed by atoms with Crippen LogP contribution in [0.3, 0.4) is 0 Å². The summed E-state index contributed by atoms with van der Waals surface area (Å²) in [6.07, 6.45) is -0.493. The smallest absolute Gasteiger partial charge is 0.226 e. The first-order valence-electron chi connectivity index (χ1n) is 6.65. The molecule has 0 aliphatic carbocycles. The number of amides is 1. The van der Waals surface area contributed by atoms with Gasteiger partial charge in [0, 0.05) is 5.69 Å². The number of aliphatic hydroxyl groups excluding tert-OH is 1. The molecule has 0 saturated carbocycles. The number of ether oxygens (including phenoxy) is 1. The number of carbonyl (C=O) groups excluding carboxylic acids is 1. The summed E-state index contributed by atoms with van der Waals surface area (Å²) in [6.45, 7) is 8.24. The zero-order chi connectivity index (χ0) is 14.4. The summed E-state index contributed by atoms with van der Waals surface area (Å²) < 4.78 is 5.39. The molecule has 1 aromatic carbocycles. The SMILES string of the molecule is CCOc1ccc(NC(=O)CC(O)C(C)C)c(C)c1. The van der Waals surface area contributed by atoms with Crippen LogP contribution in [0.25, 0.3) is 0 Å². The van der Waals surface area contributed by atoms with Gasteiger partial charge in [-0.25, -0.2) is 0 Å². The molecule has 0 heterocycles. The Balaban J connectivity index is 2.64. The molecule has 19 heavy (non-hydrogen) atoms. The van der Waals surface area contributed by atoms with Gasteiger partial charge in [0.05, 0.1) is 19.1 Å². The van der Waals surface area contributed by atoms with E-state index in [-0.39, 0.29) is 18.2 Å². The van der Waals surface area contributed by atoms with Gasteiger partial charge in [-0.3, -0.25) is 4.79 Å². The van der Waals surface area contributed by atoms with Crippen LogP contribution in [0.4, 0.5) is 5.69 Å². The Morgan fingerprint density at radius 3 is 2.63 bits per heavy atom. The van der Waals surface area contributed by atoms with E-state index in [1.54, 1.807) is 0 Å². The van der Waals surface area contributed by atoms with E-state index in [0.717, 1.165) is 17.0 Å². The van der Waals surface area contributed by atoms with Crippen molar-refractivity contribution in [2.24, 2.45) is 5.92 Å². The van der Waals surface area contributed by atoms with Crippen LogP contribution in [-0.4, -0.2) is 23.7 Å². The van der Waals surface area contributed by atoms with E-state index >= 15 is 0 Å². The lowest BCUT2D eigenvalue weighted by Crippen LogP contribution is -2.23. The number of rotatable bonds is 6. The van der Waals surface area contributed by atoms with Gasteiger partial charge >= 0.3 is 0 Å². The first-order chi connectivity index (χ1) is 8.93. The molecular formula is C15H23NO3. The quantitative estimate of drug-likeness (QED) is 0.831. The van der Waals surface area contributed by atoms with Crippen molar-refractivity contribution in [1.82, 2.24) is 0 Å². The zero-order valence-electron chi connectivity index (χ0n) is 12.1. The number of carbonyl (C=O) groups is 1. The van der Waals surface area contributed by atoms with Gasteiger partial charge in [-0.15, -0.1) is 0 Å². The van der Waals surface area contributed by atoms with E-state index < -0.39 is 6.10 Å². The Labute approximate surface area is 114 Å². The maximum Gasteiger partial charge on any atom is 0.226 e. The molecule has 1 amide bonds. The number of anilines is 1. The second kappa shape index (κ2) is 7.14. The molecule has 1 aromatic rings. The Morgan fingerprint density at radius 2 is 2.11 bits per heavy atom. The first-order valence-corrected chi connectivity index (χ1v) is 6.65. The minimum Gasteiger partial charge on any atom is -0.494 e. The molecule has 0 aliphatic rings. The molecule has 0 bridgehead atoms. The molecule has 0 spiro atoms. The van der Waals surface area contributed by atoms with Gasteiger partial charge in [-0.05, 0) is 43.5 Å². The molecule has 1 rings (SSSR count). The fourth-order valence-corrected chi connectivity index (χ4v) is 1.66. The molecule has 0 saturated heterocycles. The van der Waals surface area contributed by atoms with Gasteiger partial charge in [0.25, 0.3) is 0 Å². The Bertz CT molecular complexity index is 429. The molecule has 1 atom stereocenters. The van der Waals surface area contributed by atoms with Crippen LogP contribution >= 0.6 is 0 Å². The number of nitrogens with one attached hydrogen (secondary N) is 1. The van der Waals surface area contributed by atoms with Gasteiger partial charge < -0.3 is 15.2 Å². The van der Waals surface area contributed by atoms with Crippen LogP contribution in [0.1, 0.15) is 32.8 Å². The number of hydrogen-bond acceptors (Lipinski definition) is 3. The molecule has 1 unspecified atom stereocenters. The van der Waals surface area contributed by atoms with Gasteiger partial charge in [-0.2, -0.15) is 0 Å². The number of aliphatic hydroxyl groups is 1. The van der Waals surface area contributed by atoms with Crippen molar-refractivity contribution in [3.05, 3.63) is 23.8 Å². The van der Waals surface area contributed by atoms with Crippen molar-refractivity contribution in [3.63, 3.8) is 0 Å². The second-order valence-electron chi connectivity index (χ2n) is 4.97. The van der Waals surface area contributed by atoms with Crippen molar-refractivity contribution in [3.8, 4) is 5.75 Å². The predicted octanol–water partition coefficient (Wildman–Crippen LogP) is 2.74. The highest BCUT2D eigenvalue weighted by atomic mass is 16.5. The van der Waals surface area contributed by atoms with Crippen LogP contribution in [0.5, 0.6) is 5.75 Å². The van der Waals surface area contributed by atoms with Crippen molar-refractivity contribution in [2.45, 2.75) is 40.2 Å². The third kappa shape index (κ3) is 4.91. The molecule has 0 aromatic heterocycles. The fourth-order valence-electron chi connectivity index (χ4n) is 1.66. The number of benzene rings is 1. The van der Waals surface area contributed by atoms with Crippen molar-refractivity contribution in [1.29, 1.82) is 0 Å². The molecule has 0 fully saturated rings. The van der Waals surface area contributed by atoms with E-state index in [2.05, 4.69) is 5.32 Å². The third-order valence-electron chi connectivity index (χ3n) is 2.95. The van der Waals surface area contributed by atoms with Gasteiger partial charge in [-0.1, -0.05) is 13.8 Å². The summed E-state index contributed by atoms with van der Waals surface area (Å²) in [5.74, 6) is 0.695. The van der Waals surface area contributed by atoms with Crippen LogP contribution in [0, 0.1) is 12.8 Å². The van der Waals surface area contributed by atoms with Crippen LogP contribution < -0.4 is 10.1 Å². The topological polar surface area (TPSA) is 58.6 Å². The molecular weight excluding hydrogens is 242 g/mol. The van der Waals surface area contributed by atoms with E-state index in [9.17, 15) is 9.90 Å². The van der Waals surface area contributed by atoms with Crippen molar-refractivity contribution in [2.75, 3.05) is 11.9 Å². The summed E-state index contributed by atoms with van der Waals surface area (Å²) >= 11 is 0. The van der Waals surface area contributed by atoms with Crippen molar-refractivity contribution < 1.29 is 14.6 Å². The molecule has 2 N–H and O–H groups in total. The van der Waals surface area contributed by atoms with Crippen molar-refractivity contribution >= 4 is 11.6 Å². The number of aryl methyl sites for hydroxylation is 1.